The summed E-state index contributed by atoms with van der Waals surface area (Å²) in [4.78, 5) is 16.4. The molecule has 0 bridgehead atoms. The number of aliphatic hydroxyl groups excluding tert-OH is 1. The number of carbonyl (C=O) groups excluding carboxylic acids is 1. The highest BCUT2D eigenvalue weighted by molar-refractivity contribution is 7.98. The van der Waals surface area contributed by atoms with Crippen LogP contribution in [0.25, 0.3) is 0 Å². The zero-order valence-corrected chi connectivity index (χ0v) is 12.0. The molecule has 5 heteroatoms. The van der Waals surface area contributed by atoms with E-state index in [2.05, 4.69) is 10.3 Å². The van der Waals surface area contributed by atoms with Crippen LogP contribution in [0.5, 0.6) is 0 Å². The molecule has 1 aliphatic carbocycles. The lowest BCUT2D eigenvalue weighted by atomic mass is 9.87. The molecule has 1 aliphatic rings. The van der Waals surface area contributed by atoms with Crippen LogP contribution in [0.2, 0.25) is 0 Å². The van der Waals surface area contributed by atoms with Crippen LogP contribution in [0.3, 0.4) is 0 Å². The monoisotopic (exact) mass is 280 g/mol. The van der Waals surface area contributed by atoms with Gasteiger partial charge < -0.3 is 10.4 Å². The van der Waals surface area contributed by atoms with Gasteiger partial charge in [-0.2, -0.15) is 0 Å². The van der Waals surface area contributed by atoms with Crippen molar-refractivity contribution < 1.29 is 9.90 Å². The number of hydrogen-bond acceptors (Lipinski definition) is 4. The topological polar surface area (TPSA) is 62.2 Å². The van der Waals surface area contributed by atoms with Crippen LogP contribution in [0.15, 0.2) is 23.4 Å². The Kier molecular flexibility index (Phi) is 4.82. The van der Waals surface area contributed by atoms with Crippen LogP contribution in [-0.4, -0.2) is 35.4 Å². The number of thioether (sulfide) groups is 1. The van der Waals surface area contributed by atoms with Gasteiger partial charge in [-0.25, -0.2) is 4.98 Å². The third-order valence-corrected chi connectivity index (χ3v) is 4.54. The molecular weight excluding hydrogens is 260 g/mol. The lowest BCUT2D eigenvalue weighted by molar-refractivity contribution is 0.0877. The Hall–Kier alpha value is -1.07. The smallest absolute Gasteiger partial charge is 0.254 e. The molecule has 2 N–H and O–H groups in total. The first kappa shape index (κ1) is 14.3. The van der Waals surface area contributed by atoms with E-state index in [1.807, 2.05) is 6.26 Å². The van der Waals surface area contributed by atoms with Crippen molar-refractivity contribution in [3.05, 3.63) is 23.9 Å². The second-order valence-electron chi connectivity index (χ2n) is 5.11. The van der Waals surface area contributed by atoms with E-state index in [1.165, 1.54) is 11.8 Å². The number of nitrogens with one attached hydrogen (secondary N) is 1. The van der Waals surface area contributed by atoms with Gasteiger partial charge in [0.05, 0.1) is 12.2 Å². The van der Waals surface area contributed by atoms with Crippen molar-refractivity contribution in [1.29, 1.82) is 0 Å². The van der Waals surface area contributed by atoms with E-state index in [9.17, 15) is 9.90 Å². The average molecular weight is 280 g/mol. The molecule has 1 saturated carbocycles. The molecule has 0 aromatic carbocycles. The molecule has 1 amide bonds. The minimum atomic E-state index is -0.114. The Labute approximate surface area is 118 Å². The molecule has 0 spiro atoms. The standard InChI is InChI=1S/C14H20N2O2S/c1-19-13-11(5-4-8-15-13)12(18)16-9-14(10-17)6-2-3-7-14/h4-5,8,17H,2-3,6-7,9-10H2,1H3,(H,16,18). The summed E-state index contributed by atoms with van der Waals surface area (Å²) in [5, 5.41) is 13.2. The summed E-state index contributed by atoms with van der Waals surface area (Å²) in [6.45, 7) is 0.695. The molecule has 104 valence electrons. The summed E-state index contributed by atoms with van der Waals surface area (Å²) in [6, 6.07) is 3.56. The third kappa shape index (κ3) is 3.28. The third-order valence-electron chi connectivity index (χ3n) is 3.83. The lowest BCUT2D eigenvalue weighted by Gasteiger charge is -2.26. The van der Waals surface area contributed by atoms with Gasteiger partial charge in [0.2, 0.25) is 0 Å². The molecule has 0 unspecified atom stereocenters. The molecule has 1 aromatic rings. The number of nitrogens with zero attached hydrogens (tertiary/aromatic N) is 1. The van der Waals surface area contributed by atoms with Crippen LogP contribution in [0.1, 0.15) is 36.0 Å². The number of carbonyl (C=O) groups is 1. The Balaban J connectivity index is 2.01. The van der Waals surface area contributed by atoms with E-state index in [4.69, 9.17) is 0 Å². The summed E-state index contributed by atoms with van der Waals surface area (Å²) in [5.41, 5.74) is 0.498. The Morgan fingerprint density at radius 1 is 1.53 bits per heavy atom. The number of rotatable bonds is 5. The lowest BCUT2D eigenvalue weighted by Crippen LogP contribution is -2.38. The van der Waals surface area contributed by atoms with Gasteiger partial charge in [-0.1, -0.05) is 12.8 Å². The molecule has 1 aromatic heterocycles. The number of amides is 1. The Morgan fingerprint density at radius 3 is 2.89 bits per heavy atom. The van der Waals surface area contributed by atoms with Crippen molar-refractivity contribution >= 4 is 17.7 Å². The highest BCUT2D eigenvalue weighted by atomic mass is 32.2. The van der Waals surface area contributed by atoms with Crippen molar-refractivity contribution in [2.75, 3.05) is 19.4 Å². The number of pyridine rings is 1. The van der Waals surface area contributed by atoms with Crippen LogP contribution in [0, 0.1) is 5.41 Å². The number of aliphatic hydroxyl groups is 1. The van der Waals surface area contributed by atoms with E-state index >= 15 is 0 Å². The maximum atomic E-state index is 12.2. The average Bonchev–Trinajstić information content (AvgIpc) is 2.94. The molecule has 0 atom stereocenters. The fraction of sp³-hybridized carbons (Fsp3) is 0.571. The van der Waals surface area contributed by atoms with Crippen LogP contribution < -0.4 is 5.32 Å². The van der Waals surface area contributed by atoms with Crippen LogP contribution >= 0.6 is 11.8 Å². The fourth-order valence-electron chi connectivity index (χ4n) is 2.61. The number of aromatic nitrogens is 1. The molecule has 0 radical (unpaired) electrons. The molecule has 19 heavy (non-hydrogen) atoms. The molecule has 4 nitrogen and oxygen atoms in total. The van der Waals surface area contributed by atoms with E-state index in [1.54, 1.807) is 18.3 Å². The summed E-state index contributed by atoms with van der Waals surface area (Å²) in [6.07, 6.45) is 7.86. The van der Waals surface area contributed by atoms with Crippen molar-refractivity contribution in [3.63, 3.8) is 0 Å². The Bertz CT molecular complexity index is 445. The first-order chi connectivity index (χ1) is 9.21. The molecule has 1 fully saturated rings. The molecule has 1 heterocycles. The van der Waals surface area contributed by atoms with Crippen molar-refractivity contribution in [2.45, 2.75) is 30.7 Å². The molecule has 2 rings (SSSR count). The summed E-state index contributed by atoms with van der Waals surface area (Å²) < 4.78 is 0. The van der Waals surface area contributed by atoms with Gasteiger partial charge in [0.1, 0.15) is 5.03 Å². The second-order valence-corrected chi connectivity index (χ2v) is 5.90. The van der Waals surface area contributed by atoms with Crippen LogP contribution in [-0.2, 0) is 0 Å². The minimum Gasteiger partial charge on any atom is -0.396 e. The molecule has 0 aliphatic heterocycles. The van der Waals surface area contributed by atoms with Gasteiger partial charge in [0, 0.05) is 18.2 Å². The molecular formula is C14H20N2O2S. The summed E-state index contributed by atoms with van der Waals surface area (Å²) in [5.74, 6) is -0.0998. The first-order valence-electron chi connectivity index (χ1n) is 6.59. The van der Waals surface area contributed by atoms with E-state index in [0.29, 0.717) is 12.1 Å². The van der Waals surface area contributed by atoms with Gasteiger partial charge in [-0.15, -0.1) is 11.8 Å². The predicted octanol–water partition coefficient (Wildman–Crippen LogP) is 2.09. The van der Waals surface area contributed by atoms with Crippen molar-refractivity contribution in [1.82, 2.24) is 10.3 Å². The predicted molar refractivity (Wildman–Crippen MR) is 76.3 cm³/mol. The zero-order chi connectivity index (χ0) is 13.7. The molecule has 0 saturated heterocycles. The van der Waals surface area contributed by atoms with E-state index < -0.39 is 0 Å². The largest absolute Gasteiger partial charge is 0.396 e. The summed E-state index contributed by atoms with van der Waals surface area (Å²) in [7, 11) is 0. The van der Waals surface area contributed by atoms with Gasteiger partial charge in [0.25, 0.3) is 5.91 Å². The number of hydrogen-bond donors (Lipinski definition) is 2. The minimum absolute atomic E-state index is 0.0998. The van der Waals surface area contributed by atoms with Crippen molar-refractivity contribution in [2.24, 2.45) is 5.41 Å². The van der Waals surface area contributed by atoms with Gasteiger partial charge in [-0.3, -0.25) is 4.79 Å². The maximum Gasteiger partial charge on any atom is 0.254 e. The highest BCUT2D eigenvalue weighted by Crippen LogP contribution is 2.36. The zero-order valence-electron chi connectivity index (χ0n) is 11.2. The van der Waals surface area contributed by atoms with Crippen molar-refractivity contribution in [3.8, 4) is 0 Å². The van der Waals surface area contributed by atoms with Gasteiger partial charge in [-0.05, 0) is 31.2 Å². The normalized spacial score (nSPS) is 17.4. The quantitative estimate of drug-likeness (QED) is 0.811. The Morgan fingerprint density at radius 2 is 2.26 bits per heavy atom. The maximum absolute atomic E-state index is 12.2. The highest BCUT2D eigenvalue weighted by Gasteiger charge is 2.33. The second kappa shape index (κ2) is 6.39. The first-order valence-corrected chi connectivity index (χ1v) is 7.81. The fourth-order valence-corrected chi connectivity index (χ4v) is 3.15. The van der Waals surface area contributed by atoms with E-state index in [0.717, 1.165) is 30.7 Å². The van der Waals surface area contributed by atoms with Gasteiger partial charge >= 0.3 is 0 Å². The van der Waals surface area contributed by atoms with Crippen LogP contribution in [0.4, 0.5) is 0 Å². The summed E-state index contributed by atoms with van der Waals surface area (Å²) >= 11 is 1.47. The van der Waals surface area contributed by atoms with E-state index in [-0.39, 0.29) is 17.9 Å². The SMILES string of the molecule is CSc1ncccc1C(=O)NCC1(CO)CCCC1. The van der Waals surface area contributed by atoms with Gasteiger partial charge in [0.15, 0.2) is 0 Å².